The van der Waals surface area contributed by atoms with E-state index in [1.54, 1.807) is 4.90 Å². The second-order valence-corrected chi connectivity index (χ2v) is 8.57. The van der Waals surface area contributed by atoms with Crippen LogP contribution in [0.4, 0.5) is 19.3 Å². The van der Waals surface area contributed by atoms with E-state index in [1.807, 2.05) is 54.6 Å². The number of hydrogen-bond acceptors (Lipinski definition) is 3. The van der Waals surface area contributed by atoms with E-state index in [4.69, 9.17) is 0 Å². The van der Waals surface area contributed by atoms with Crippen molar-refractivity contribution in [2.75, 3.05) is 25.0 Å². The molecule has 2 fully saturated rings. The lowest BCUT2D eigenvalue weighted by atomic mass is 9.73. The Morgan fingerprint density at radius 3 is 2.41 bits per heavy atom. The Labute approximate surface area is 195 Å². The van der Waals surface area contributed by atoms with Crippen LogP contribution < -0.4 is 5.32 Å². The summed E-state index contributed by atoms with van der Waals surface area (Å²) >= 11 is 0. The summed E-state index contributed by atoms with van der Waals surface area (Å²) in [5.41, 5.74) is 2.82. The molecule has 0 radical (unpaired) electrons. The Hall–Kier alpha value is -3.78. The number of piperazine rings is 1. The van der Waals surface area contributed by atoms with Crippen LogP contribution in [0, 0.1) is 11.6 Å². The Morgan fingerprint density at radius 2 is 1.71 bits per heavy atom. The molecule has 2 heterocycles. The summed E-state index contributed by atoms with van der Waals surface area (Å²) in [6.45, 7) is -0.167. The first-order valence-electron chi connectivity index (χ1n) is 11.0. The molecule has 3 aromatic rings. The molecule has 0 bridgehead atoms. The van der Waals surface area contributed by atoms with Crippen molar-refractivity contribution in [3.63, 3.8) is 0 Å². The van der Waals surface area contributed by atoms with Crippen molar-refractivity contribution in [2.45, 2.75) is 18.0 Å². The third-order valence-corrected chi connectivity index (χ3v) is 6.61. The van der Waals surface area contributed by atoms with Crippen LogP contribution in [0.25, 0.3) is 11.1 Å². The fraction of sp³-hybridized carbons (Fsp3) is 0.231. The molecule has 2 aliphatic heterocycles. The zero-order chi connectivity index (χ0) is 23.8. The number of nitrogens with zero attached hydrogens (tertiary/aromatic N) is 2. The molecule has 0 saturated carbocycles. The molecule has 6 nitrogen and oxygen atoms in total. The standard InChI is InChI=1S/C26H23F2N3O3/c27-19-10-11-20(28)21(12-19)29-26(34)30-13-22-25(23(15-32)31(22)24(33)14-30)18-8-6-17(7-9-18)16-4-2-1-3-5-16/h1-12,22-23,25,32H,13-15H2,(H,29,34)/t22-,23-,25+/m1/s1. The van der Waals surface area contributed by atoms with Crippen LogP contribution in [-0.4, -0.2) is 58.6 Å². The molecular formula is C26H23F2N3O3. The predicted molar refractivity (Wildman–Crippen MR) is 123 cm³/mol. The number of amides is 3. The summed E-state index contributed by atoms with van der Waals surface area (Å²) in [6.07, 6.45) is 0. The highest BCUT2D eigenvalue weighted by atomic mass is 19.1. The lowest BCUT2D eigenvalue weighted by Crippen LogP contribution is -2.73. The van der Waals surface area contributed by atoms with Gasteiger partial charge in [0.1, 0.15) is 18.2 Å². The number of carbonyl (C=O) groups is 2. The van der Waals surface area contributed by atoms with Gasteiger partial charge in [0.25, 0.3) is 0 Å². The fourth-order valence-corrected chi connectivity index (χ4v) is 4.97. The summed E-state index contributed by atoms with van der Waals surface area (Å²) in [7, 11) is 0. The number of halogens is 2. The smallest absolute Gasteiger partial charge is 0.322 e. The van der Waals surface area contributed by atoms with Gasteiger partial charge in [0.15, 0.2) is 0 Å². The molecule has 2 saturated heterocycles. The van der Waals surface area contributed by atoms with Crippen LogP contribution in [0.2, 0.25) is 0 Å². The maximum Gasteiger partial charge on any atom is 0.322 e. The maximum absolute atomic E-state index is 14.0. The van der Waals surface area contributed by atoms with E-state index < -0.39 is 17.7 Å². The van der Waals surface area contributed by atoms with Crippen molar-refractivity contribution in [1.29, 1.82) is 0 Å². The van der Waals surface area contributed by atoms with E-state index in [-0.39, 0.29) is 49.3 Å². The first kappa shape index (κ1) is 22.0. The summed E-state index contributed by atoms with van der Waals surface area (Å²) in [5, 5.41) is 12.3. The maximum atomic E-state index is 14.0. The van der Waals surface area contributed by atoms with Gasteiger partial charge in [0.2, 0.25) is 5.91 Å². The van der Waals surface area contributed by atoms with Crippen LogP contribution in [0.1, 0.15) is 11.5 Å². The lowest BCUT2D eigenvalue weighted by molar-refractivity contribution is -0.159. The normalized spacial score (nSPS) is 21.6. The van der Waals surface area contributed by atoms with Crippen molar-refractivity contribution < 1.29 is 23.5 Å². The quantitative estimate of drug-likeness (QED) is 0.618. The van der Waals surface area contributed by atoms with Gasteiger partial charge >= 0.3 is 6.03 Å². The molecule has 34 heavy (non-hydrogen) atoms. The van der Waals surface area contributed by atoms with Crippen molar-refractivity contribution >= 4 is 17.6 Å². The zero-order valence-electron chi connectivity index (χ0n) is 18.2. The number of hydrogen-bond donors (Lipinski definition) is 2. The van der Waals surface area contributed by atoms with Crippen LogP contribution in [0.3, 0.4) is 0 Å². The number of aliphatic hydroxyl groups excluding tert-OH is 1. The molecule has 2 aliphatic rings. The van der Waals surface area contributed by atoms with Gasteiger partial charge in [-0.15, -0.1) is 0 Å². The van der Waals surface area contributed by atoms with Gasteiger partial charge in [-0.1, -0.05) is 54.6 Å². The summed E-state index contributed by atoms with van der Waals surface area (Å²) in [5.74, 6) is -1.89. The molecule has 174 valence electrons. The van der Waals surface area contributed by atoms with E-state index in [0.29, 0.717) is 0 Å². The monoisotopic (exact) mass is 463 g/mol. The molecule has 0 aliphatic carbocycles. The highest BCUT2D eigenvalue weighted by Gasteiger charge is 2.54. The molecule has 0 aromatic heterocycles. The van der Waals surface area contributed by atoms with Crippen molar-refractivity contribution in [2.24, 2.45) is 0 Å². The SMILES string of the molecule is O=C(Nc1cc(F)ccc1F)N1CC(=O)N2[C@H](CO)[C@@H](c3ccc(-c4ccccc4)cc3)[C@H]2C1. The number of fused-ring (bicyclic) bond motifs is 1. The molecule has 3 amide bonds. The zero-order valence-corrected chi connectivity index (χ0v) is 18.2. The number of urea groups is 1. The third-order valence-electron chi connectivity index (χ3n) is 6.61. The Balaban J connectivity index is 1.35. The van der Waals surface area contributed by atoms with Gasteiger partial charge < -0.3 is 20.2 Å². The number of benzene rings is 3. The highest BCUT2D eigenvalue weighted by molar-refractivity contribution is 5.94. The summed E-state index contributed by atoms with van der Waals surface area (Å²) < 4.78 is 27.4. The minimum atomic E-state index is -0.764. The average molecular weight is 463 g/mol. The van der Waals surface area contributed by atoms with Gasteiger partial charge in [-0.05, 0) is 28.8 Å². The molecule has 8 heteroatoms. The van der Waals surface area contributed by atoms with Gasteiger partial charge in [-0.25, -0.2) is 13.6 Å². The third kappa shape index (κ3) is 3.90. The number of anilines is 1. The minimum absolute atomic E-state index is 0.153. The summed E-state index contributed by atoms with van der Waals surface area (Å²) in [4.78, 5) is 28.5. The largest absolute Gasteiger partial charge is 0.394 e. The van der Waals surface area contributed by atoms with Crippen LogP contribution in [0.5, 0.6) is 0 Å². The number of nitrogens with one attached hydrogen (secondary N) is 1. The fourth-order valence-electron chi connectivity index (χ4n) is 4.97. The van der Waals surface area contributed by atoms with Crippen LogP contribution >= 0.6 is 0 Å². The first-order chi connectivity index (χ1) is 16.5. The second-order valence-electron chi connectivity index (χ2n) is 8.57. The van der Waals surface area contributed by atoms with E-state index in [9.17, 15) is 23.5 Å². The number of carbonyl (C=O) groups excluding carboxylic acids is 2. The van der Waals surface area contributed by atoms with E-state index >= 15 is 0 Å². The van der Waals surface area contributed by atoms with Gasteiger partial charge in [-0.2, -0.15) is 0 Å². The molecule has 0 spiro atoms. The van der Waals surface area contributed by atoms with E-state index in [0.717, 1.165) is 34.9 Å². The Morgan fingerprint density at radius 1 is 1.00 bits per heavy atom. The van der Waals surface area contributed by atoms with Gasteiger partial charge in [0.05, 0.1) is 24.4 Å². The molecule has 0 unspecified atom stereocenters. The number of aliphatic hydroxyl groups is 1. The number of rotatable bonds is 4. The van der Waals surface area contributed by atoms with Crippen molar-refractivity contribution in [3.8, 4) is 11.1 Å². The van der Waals surface area contributed by atoms with Crippen molar-refractivity contribution in [1.82, 2.24) is 9.80 Å². The molecule has 2 N–H and O–H groups in total. The van der Waals surface area contributed by atoms with Gasteiger partial charge in [0, 0.05) is 18.5 Å². The molecule has 5 rings (SSSR count). The first-order valence-corrected chi connectivity index (χ1v) is 11.0. The van der Waals surface area contributed by atoms with Gasteiger partial charge in [-0.3, -0.25) is 4.79 Å². The van der Waals surface area contributed by atoms with E-state index in [2.05, 4.69) is 5.32 Å². The summed E-state index contributed by atoms with van der Waals surface area (Å²) in [6, 6.07) is 19.3. The lowest BCUT2D eigenvalue weighted by Gasteiger charge is -2.58. The average Bonchev–Trinajstić information content (AvgIpc) is 2.83. The van der Waals surface area contributed by atoms with Crippen LogP contribution in [0.15, 0.2) is 72.8 Å². The van der Waals surface area contributed by atoms with Crippen molar-refractivity contribution in [3.05, 3.63) is 90.0 Å². The second kappa shape index (κ2) is 8.87. The Kier molecular flexibility index (Phi) is 5.75. The van der Waals surface area contributed by atoms with E-state index in [1.165, 1.54) is 4.90 Å². The topological polar surface area (TPSA) is 72.9 Å². The highest BCUT2D eigenvalue weighted by Crippen LogP contribution is 2.43. The molecule has 3 aromatic carbocycles. The van der Waals surface area contributed by atoms with Crippen LogP contribution in [-0.2, 0) is 4.79 Å². The molecular weight excluding hydrogens is 440 g/mol. The predicted octanol–water partition coefficient (Wildman–Crippen LogP) is 3.83. The molecule has 3 atom stereocenters. The Bertz CT molecular complexity index is 1220. The minimum Gasteiger partial charge on any atom is -0.394 e.